The maximum atomic E-state index is 12.5. The van der Waals surface area contributed by atoms with Crippen LogP contribution in [0.3, 0.4) is 0 Å². The number of nitrogens with zero attached hydrogens (tertiary/aromatic N) is 3. The normalized spacial score (nSPS) is 11.0. The van der Waals surface area contributed by atoms with Crippen LogP contribution in [0.5, 0.6) is 0 Å². The summed E-state index contributed by atoms with van der Waals surface area (Å²) in [4.78, 5) is 37.3. The van der Waals surface area contributed by atoms with Gasteiger partial charge in [0.25, 0.3) is 5.56 Å². The van der Waals surface area contributed by atoms with Crippen molar-refractivity contribution in [3.63, 3.8) is 0 Å². The fourth-order valence-electron chi connectivity index (χ4n) is 2.60. The van der Waals surface area contributed by atoms with Gasteiger partial charge in [-0.05, 0) is 61.4 Å². The van der Waals surface area contributed by atoms with Crippen LogP contribution in [0.4, 0.5) is 5.69 Å². The molecule has 2 aromatic carbocycles. The predicted octanol–water partition coefficient (Wildman–Crippen LogP) is 3.01. The van der Waals surface area contributed by atoms with Gasteiger partial charge in [0.2, 0.25) is 5.78 Å². The first-order valence-electron chi connectivity index (χ1n) is 8.79. The van der Waals surface area contributed by atoms with Crippen LogP contribution in [0, 0.1) is 13.8 Å². The number of carbonyl (C=O) groups excluding carboxylic acids is 1. The summed E-state index contributed by atoms with van der Waals surface area (Å²) in [6, 6.07) is 12.1. The largest absolute Gasteiger partial charge is 0.362 e. The second-order valence-electron chi connectivity index (χ2n) is 6.52. The van der Waals surface area contributed by atoms with E-state index in [2.05, 4.69) is 10.4 Å². The van der Waals surface area contributed by atoms with E-state index in [1.165, 1.54) is 19.3 Å². The second-order valence-corrected chi connectivity index (χ2v) is 6.96. The Morgan fingerprint density at radius 3 is 2.41 bits per heavy atom. The smallest absolute Gasteiger partial charge is 0.351 e. The highest BCUT2D eigenvalue weighted by Crippen LogP contribution is 2.14. The number of aromatic nitrogens is 3. The SMILES string of the molecule is Cc1ccc(N/C=C/C(=O)c2nn(-c3ccc(Cl)cc3)c(=O)n(C)c2=O)cc1C. The summed E-state index contributed by atoms with van der Waals surface area (Å²) in [6.07, 6.45) is 2.64. The van der Waals surface area contributed by atoms with Gasteiger partial charge in [0.15, 0.2) is 5.69 Å². The zero-order valence-electron chi connectivity index (χ0n) is 16.1. The molecule has 0 atom stereocenters. The Bertz CT molecular complexity index is 1220. The van der Waals surface area contributed by atoms with E-state index < -0.39 is 17.0 Å². The monoisotopic (exact) mass is 410 g/mol. The quantitative estimate of drug-likeness (QED) is 0.516. The lowest BCUT2D eigenvalue weighted by molar-refractivity contribution is 0.103. The molecule has 0 radical (unpaired) electrons. The van der Waals surface area contributed by atoms with Crippen molar-refractivity contribution in [3.05, 3.63) is 97.4 Å². The third kappa shape index (κ3) is 4.35. The summed E-state index contributed by atoms with van der Waals surface area (Å²) < 4.78 is 1.84. The average molecular weight is 411 g/mol. The van der Waals surface area contributed by atoms with E-state index in [-0.39, 0.29) is 5.69 Å². The highest BCUT2D eigenvalue weighted by molar-refractivity contribution is 6.30. The molecule has 3 rings (SSSR count). The van der Waals surface area contributed by atoms with E-state index in [4.69, 9.17) is 11.6 Å². The van der Waals surface area contributed by atoms with E-state index in [9.17, 15) is 14.4 Å². The summed E-state index contributed by atoms with van der Waals surface area (Å²) in [5.74, 6) is -0.621. The predicted molar refractivity (Wildman–Crippen MR) is 113 cm³/mol. The van der Waals surface area contributed by atoms with Crippen molar-refractivity contribution in [2.24, 2.45) is 7.05 Å². The molecule has 0 saturated heterocycles. The second kappa shape index (κ2) is 8.28. The van der Waals surface area contributed by atoms with Gasteiger partial charge in [0.05, 0.1) is 5.69 Å². The van der Waals surface area contributed by atoms with Crippen LogP contribution in [0.25, 0.3) is 5.69 Å². The first-order chi connectivity index (χ1) is 13.8. The lowest BCUT2D eigenvalue weighted by Crippen LogP contribution is -2.42. The lowest BCUT2D eigenvalue weighted by atomic mass is 10.1. The molecule has 0 spiro atoms. The third-order valence-corrected chi connectivity index (χ3v) is 4.72. The average Bonchev–Trinajstić information content (AvgIpc) is 2.70. The molecule has 0 unspecified atom stereocenters. The van der Waals surface area contributed by atoms with Crippen molar-refractivity contribution in [1.82, 2.24) is 14.3 Å². The topological polar surface area (TPSA) is 86.0 Å². The summed E-state index contributed by atoms with van der Waals surface area (Å²) in [7, 11) is 1.30. The first kappa shape index (κ1) is 20.3. The van der Waals surface area contributed by atoms with Gasteiger partial charge in [0, 0.05) is 30.0 Å². The molecule has 0 fully saturated rings. The molecule has 3 aromatic rings. The molecular weight excluding hydrogens is 392 g/mol. The van der Waals surface area contributed by atoms with Crippen LogP contribution < -0.4 is 16.6 Å². The van der Waals surface area contributed by atoms with Gasteiger partial charge in [-0.3, -0.25) is 14.2 Å². The minimum absolute atomic E-state index is 0.361. The number of ketones is 1. The van der Waals surface area contributed by atoms with Crippen LogP contribution in [-0.2, 0) is 7.05 Å². The van der Waals surface area contributed by atoms with Crippen molar-refractivity contribution in [1.29, 1.82) is 0 Å². The molecule has 8 heteroatoms. The molecule has 0 amide bonds. The number of rotatable bonds is 5. The molecule has 1 N–H and O–H groups in total. The molecule has 1 aromatic heterocycles. The van der Waals surface area contributed by atoms with Crippen LogP contribution in [0.15, 0.2) is 64.3 Å². The fraction of sp³-hybridized carbons (Fsp3) is 0.143. The number of nitrogens with one attached hydrogen (secondary N) is 1. The van der Waals surface area contributed by atoms with Gasteiger partial charge < -0.3 is 5.32 Å². The Balaban J connectivity index is 1.92. The minimum atomic E-state index is -0.763. The van der Waals surface area contributed by atoms with Gasteiger partial charge in [0.1, 0.15) is 0 Å². The van der Waals surface area contributed by atoms with Crippen molar-refractivity contribution >= 4 is 23.1 Å². The molecule has 29 heavy (non-hydrogen) atoms. The van der Waals surface area contributed by atoms with Crippen LogP contribution in [0.2, 0.25) is 5.02 Å². The fourth-order valence-corrected chi connectivity index (χ4v) is 2.73. The van der Waals surface area contributed by atoms with Gasteiger partial charge >= 0.3 is 5.69 Å². The van der Waals surface area contributed by atoms with Gasteiger partial charge in [-0.15, -0.1) is 0 Å². The molecule has 0 bridgehead atoms. The Kier molecular flexibility index (Phi) is 5.79. The molecule has 148 valence electrons. The highest BCUT2D eigenvalue weighted by Gasteiger charge is 2.16. The third-order valence-electron chi connectivity index (χ3n) is 4.47. The molecule has 0 aliphatic carbocycles. The van der Waals surface area contributed by atoms with Crippen LogP contribution in [-0.4, -0.2) is 20.1 Å². The molecule has 0 aliphatic heterocycles. The summed E-state index contributed by atoms with van der Waals surface area (Å²) in [5.41, 5.74) is 1.69. The molecule has 1 heterocycles. The maximum Gasteiger partial charge on any atom is 0.351 e. The van der Waals surface area contributed by atoms with Gasteiger partial charge in [-0.2, -0.15) is 9.78 Å². The van der Waals surface area contributed by atoms with Gasteiger partial charge in [-0.1, -0.05) is 17.7 Å². The van der Waals surface area contributed by atoms with Crippen LogP contribution in [0.1, 0.15) is 21.6 Å². The zero-order chi connectivity index (χ0) is 21.1. The van der Waals surface area contributed by atoms with Crippen LogP contribution >= 0.6 is 11.6 Å². The lowest BCUT2D eigenvalue weighted by Gasteiger charge is -2.08. The number of halogens is 1. The van der Waals surface area contributed by atoms with Crippen molar-refractivity contribution in [2.45, 2.75) is 13.8 Å². The van der Waals surface area contributed by atoms with Crippen molar-refractivity contribution in [2.75, 3.05) is 5.32 Å². The molecule has 0 saturated carbocycles. The molecular formula is C21H19ClN4O3. The summed E-state index contributed by atoms with van der Waals surface area (Å²) in [6.45, 7) is 4.00. The summed E-state index contributed by atoms with van der Waals surface area (Å²) >= 11 is 5.87. The zero-order valence-corrected chi connectivity index (χ0v) is 16.9. The van der Waals surface area contributed by atoms with E-state index in [1.54, 1.807) is 24.3 Å². The van der Waals surface area contributed by atoms with Crippen molar-refractivity contribution < 1.29 is 4.79 Å². The Morgan fingerprint density at radius 2 is 1.76 bits per heavy atom. The number of hydrogen-bond donors (Lipinski definition) is 1. The van der Waals surface area contributed by atoms with E-state index >= 15 is 0 Å². The number of aryl methyl sites for hydroxylation is 2. The van der Waals surface area contributed by atoms with Gasteiger partial charge in [-0.25, -0.2) is 4.79 Å². The van der Waals surface area contributed by atoms with E-state index in [0.717, 1.165) is 26.1 Å². The molecule has 7 nitrogen and oxygen atoms in total. The summed E-state index contributed by atoms with van der Waals surface area (Å²) in [5, 5.41) is 7.46. The number of anilines is 1. The first-order valence-corrected chi connectivity index (χ1v) is 9.16. The number of benzene rings is 2. The number of carbonyl (C=O) groups is 1. The standard InChI is InChI=1S/C21H19ClN4O3/c1-13-4-7-16(12-14(13)2)23-11-10-18(27)19-20(28)25(3)21(29)26(24-19)17-8-5-15(22)6-9-17/h4-12,23H,1-3H3/b11-10+. The highest BCUT2D eigenvalue weighted by atomic mass is 35.5. The number of allylic oxidation sites excluding steroid dienone is 1. The Hall–Kier alpha value is -3.45. The minimum Gasteiger partial charge on any atom is -0.362 e. The number of hydrogen-bond acceptors (Lipinski definition) is 5. The Labute approximate surface area is 171 Å². The molecule has 0 aliphatic rings. The van der Waals surface area contributed by atoms with E-state index in [0.29, 0.717) is 10.7 Å². The van der Waals surface area contributed by atoms with E-state index in [1.807, 2.05) is 32.0 Å². The van der Waals surface area contributed by atoms with Crippen molar-refractivity contribution in [3.8, 4) is 5.69 Å². The Morgan fingerprint density at radius 1 is 1.07 bits per heavy atom. The maximum absolute atomic E-state index is 12.5.